The van der Waals surface area contributed by atoms with Crippen LogP contribution >= 0.6 is 0 Å². The average Bonchev–Trinajstić information content (AvgIpc) is 2.39. The lowest BCUT2D eigenvalue weighted by atomic mass is 9.80. The fourth-order valence-electron chi connectivity index (χ4n) is 2.74. The molecule has 4 heteroatoms. The topological polar surface area (TPSA) is 57.6 Å². The van der Waals surface area contributed by atoms with E-state index < -0.39 is 5.97 Å². The van der Waals surface area contributed by atoms with E-state index in [1.54, 1.807) is 0 Å². The fourth-order valence-corrected chi connectivity index (χ4v) is 2.74. The molecule has 0 aromatic heterocycles. The normalized spacial score (nSPS) is 29.1. The summed E-state index contributed by atoms with van der Waals surface area (Å²) in [6.45, 7) is 1.47. The van der Waals surface area contributed by atoms with Gasteiger partial charge in [0.15, 0.2) is 0 Å². The van der Waals surface area contributed by atoms with Gasteiger partial charge >= 0.3 is 5.97 Å². The van der Waals surface area contributed by atoms with Gasteiger partial charge in [-0.3, -0.25) is 9.59 Å². The van der Waals surface area contributed by atoms with E-state index in [0.29, 0.717) is 13.0 Å². The predicted molar refractivity (Wildman–Crippen MR) is 63.4 cm³/mol. The van der Waals surface area contributed by atoms with Gasteiger partial charge in [0.25, 0.3) is 0 Å². The van der Waals surface area contributed by atoms with E-state index in [-0.39, 0.29) is 17.7 Å². The van der Waals surface area contributed by atoms with Gasteiger partial charge in [-0.1, -0.05) is 18.6 Å². The first kappa shape index (κ1) is 12.1. The monoisotopic (exact) mass is 237 g/mol. The van der Waals surface area contributed by atoms with Crippen LogP contribution in [0.15, 0.2) is 12.2 Å². The van der Waals surface area contributed by atoms with Crippen molar-refractivity contribution in [1.29, 1.82) is 0 Å². The molecule has 1 heterocycles. The third-order valence-corrected chi connectivity index (χ3v) is 3.74. The lowest BCUT2D eigenvalue weighted by Gasteiger charge is -2.31. The molecule has 0 radical (unpaired) electrons. The zero-order valence-electron chi connectivity index (χ0n) is 9.97. The second-order valence-electron chi connectivity index (χ2n) is 4.94. The Labute approximate surface area is 101 Å². The number of carbonyl (C=O) groups is 2. The molecule has 0 spiro atoms. The molecule has 4 nitrogen and oxygen atoms in total. The summed E-state index contributed by atoms with van der Waals surface area (Å²) in [7, 11) is 0. The van der Waals surface area contributed by atoms with Crippen LogP contribution in [0.4, 0.5) is 0 Å². The van der Waals surface area contributed by atoms with E-state index in [1.165, 1.54) is 0 Å². The number of rotatable bonds is 2. The van der Waals surface area contributed by atoms with Gasteiger partial charge < -0.3 is 10.0 Å². The van der Waals surface area contributed by atoms with Crippen molar-refractivity contribution in [2.45, 2.75) is 32.1 Å². The minimum absolute atomic E-state index is 0.0728. The molecular weight excluding hydrogens is 218 g/mol. The summed E-state index contributed by atoms with van der Waals surface area (Å²) in [5, 5.41) is 9.01. The minimum Gasteiger partial charge on any atom is -0.481 e. The Kier molecular flexibility index (Phi) is 3.82. The molecule has 0 aromatic rings. The van der Waals surface area contributed by atoms with Crippen LogP contribution in [0.5, 0.6) is 0 Å². The van der Waals surface area contributed by atoms with Crippen molar-refractivity contribution in [1.82, 2.24) is 4.90 Å². The zero-order chi connectivity index (χ0) is 12.3. The highest BCUT2D eigenvalue weighted by atomic mass is 16.4. The average molecular weight is 237 g/mol. The van der Waals surface area contributed by atoms with Gasteiger partial charge in [-0.05, 0) is 25.7 Å². The summed E-state index contributed by atoms with van der Waals surface area (Å²) >= 11 is 0. The molecule has 2 rings (SSSR count). The number of carboxylic acids is 1. The Morgan fingerprint density at radius 2 is 1.94 bits per heavy atom. The van der Waals surface area contributed by atoms with Gasteiger partial charge in [0.05, 0.1) is 5.92 Å². The highest BCUT2D eigenvalue weighted by Gasteiger charge is 2.33. The molecule has 1 saturated carbocycles. The summed E-state index contributed by atoms with van der Waals surface area (Å²) in [5.74, 6) is -0.990. The maximum atomic E-state index is 12.2. The Balaban J connectivity index is 1.94. The van der Waals surface area contributed by atoms with E-state index in [4.69, 9.17) is 5.11 Å². The lowest BCUT2D eigenvalue weighted by molar-refractivity contribution is -0.145. The van der Waals surface area contributed by atoms with Crippen LogP contribution < -0.4 is 0 Å². The molecule has 1 N–H and O–H groups in total. The number of aliphatic carboxylic acids is 1. The highest BCUT2D eigenvalue weighted by molar-refractivity contribution is 5.80. The maximum Gasteiger partial charge on any atom is 0.306 e. The van der Waals surface area contributed by atoms with E-state index in [1.807, 2.05) is 11.0 Å². The molecule has 1 aliphatic carbocycles. The number of amides is 1. The van der Waals surface area contributed by atoms with E-state index >= 15 is 0 Å². The van der Waals surface area contributed by atoms with Crippen molar-refractivity contribution in [2.24, 2.45) is 11.8 Å². The standard InChI is InChI=1S/C13H19NO3/c15-12(14-7-2-1-3-8-14)10-5-4-6-11(9-10)13(16)17/h1-2,10-11H,3-9H2,(H,16,17). The van der Waals surface area contributed by atoms with Gasteiger partial charge in [0.1, 0.15) is 0 Å². The number of carbonyl (C=O) groups excluding carboxylic acids is 1. The zero-order valence-corrected chi connectivity index (χ0v) is 9.97. The van der Waals surface area contributed by atoms with E-state index in [9.17, 15) is 9.59 Å². The van der Waals surface area contributed by atoms with Crippen molar-refractivity contribution >= 4 is 11.9 Å². The van der Waals surface area contributed by atoms with Gasteiger partial charge in [0, 0.05) is 19.0 Å². The molecule has 1 amide bonds. The van der Waals surface area contributed by atoms with Gasteiger partial charge in [0.2, 0.25) is 5.91 Å². The second-order valence-corrected chi connectivity index (χ2v) is 4.94. The van der Waals surface area contributed by atoms with Gasteiger partial charge in [-0.25, -0.2) is 0 Å². The largest absolute Gasteiger partial charge is 0.481 e. The second kappa shape index (κ2) is 5.34. The summed E-state index contributed by atoms with van der Waals surface area (Å²) in [6, 6.07) is 0. The summed E-state index contributed by atoms with van der Waals surface area (Å²) < 4.78 is 0. The predicted octanol–water partition coefficient (Wildman–Crippen LogP) is 1.67. The van der Waals surface area contributed by atoms with Crippen molar-refractivity contribution in [3.8, 4) is 0 Å². The van der Waals surface area contributed by atoms with Crippen LogP contribution in [0.3, 0.4) is 0 Å². The van der Waals surface area contributed by atoms with Crippen molar-refractivity contribution in [3.63, 3.8) is 0 Å². The molecule has 0 aromatic carbocycles. The van der Waals surface area contributed by atoms with E-state index in [2.05, 4.69) is 6.08 Å². The maximum absolute atomic E-state index is 12.2. The van der Waals surface area contributed by atoms with E-state index in [0.717, 1.165) is 32.2 Å². The number of carboxylic acid groups (broad SMARTS) is 1. The van der Waals surface area contributed by atoms with Crippen molar-refractivity contribution in [2.75, 3.05) is 13.1 Å². The number of hydrogen-bond acceptors (Lipinski definition) is 2. The van der Waals surface area contributed by atoms with Gasteiger partial charge in [-0.15, -0.1) is 0 Å². The summed E-state index contributed by atoms with van der Waals surface area (Å²) in [4.78, 5) is 25.0. The molecule has 0 bridgehead atoms. The lowest BCUT2D eigenvalue weighted by Crippen LogP contribution is -2.40. The molecule has 94 valence electrons. The van der Waals surface area contributed by atoms with Crippen LogP contribution in [-0.4, -0.2) is 35.0 Å². The summed E-state index contributed by atoms with van der Waals surface area (Å²) in [6.07, 6.45) is 7.97. The Morgan fingerprint density at radius 3 is 2.59 bits per heavy atom. The fraction of sp³-hybridized carbons (Fsp3) is 0.692. The Bertz CT molecular complexity index is 338. The molecule has 1 fully saturated rings. The minimum atomic E-state index is -0.749. The van der Waals surface area contributed by atoms with Crippen LogP contribution in [0.1, 0.15) is 32.1 Å². The highest BCUT2D eigenvalue weighted by Crippen LogP contribution is 2.30. The SMILES string of the molecule is O=C(O)C1CCCC(C(=O)N2CC=CCC2)C1. The van der Waals surface area contributed by atoms with Crippen LogP contribution in [-0.2, 0) is 9.59 Å². The van der Waals surface area contributed by atoms with Crippen LogP contribution in [0.25, 0.3) is 0 Å². The Hall–Kier alpha value is -1.32. The number of nitrogens with zero attached hydrogens (tertiary/aromatic N) is 1. The first-order chi connectivity index (χ1) is 8.18. The van der Waals surface area contributed by atoms with Crippen LogP contribution in [0.2, 0.25) is 0 Å². The van der Waals surface area contributed by atoms with Crippen molar-refractivity contribution < 1.29 is 14.7 Å². The molecule has 2 atom stereocenters. The quantitative estimate of drug-likeness (QED) is 0.743. The smallest absolute Gasteiger partial charge is 0.306 e. The number of hydrogen-bond donors (Lipinski definition) is 1. The first-order valence-corrected chi connectivity index (χ1v) is 6.35. The first-order valence-electron chi connectivity index (χ1n) is 6.35. The van der Waals surface area contributed by atoms with Crippen molar-refractivity contribution in [3.05, 3.63) is 12.2 Å². The molecule has 17 heavy (non-hydrogen) atoms. The molecule has 2 aliphatic rings. The molecular formula is C13H19NO3. The molecule has 2 unspecified atom stereocenters. The summed E-state index contributed by atoms with van der Waals surface area (Å²) in [5.41, 5.74) is 0. The Morgan fingerprint density at radius 1 is 1.18 bits per heavy atom. The third kappa shape index (κ3) is 2.87. The molecule has 1 aliphatic heterocycles. The van der Waals surface area contributed by atoms with Crippen LogP contribution in [0, 0.1) is 11.8 Å². The molecule has 0 saturated heterocycles. The van der Waals surface area contributed by atoms with Gasteiger partial charge in [-0.2, -0.15) is 0 Å². The third-order valence-electron chi connectivity index (χ3n) is 3.74.